The summed E-state index contributed by atoms with van der Waals surface area (Å²) in [6.45, 7) is 4.97. The zero-order chi connectivity index (χ0) is 10.1. The molecule has 0 aliphatic rings. The first kappa shape index (κ1) is 9.21. The Balaban J connectivity index is 2.54. The maximum Gasteiger partial charge on any atom is 0.0926 e. The highest BCUT2D eigenvalue weighted by molar-refractivity contribution is 5.78. The number of benzene rings is 1. The Labute approximate surface area is 83.5 Å². The summed E-state index contributed by atoms with van der Waals surface area (Å²) in [6, 6.07) is 6.28. The van der Waals surface area contributed by atoms with E-state index in [0.29, 0.717) is 0 Å². The van der Waals surface area contributed by atoms with Gasteiger partial charge >= 0.3 is 0 Å². The third-order valence-electron chi connectivity index (χ3n) is 2.43. The topological polar surface area (TPSA) is 43.8 Å². The highest BCUT2D eigenvalue weighted by Crippen LogP contribution is 2.17. The predicted molar refractivity (Wildman–Crippen MR) is 58.0 cm³/mol. The standard InChI is InChI=1S/C11H15N3/c1-3-14-7-10-5-4-9(8(2)12)6-11(10)13-14/h4-8H,3,12H2,1-2H3. The Morgan fingerprint density at radius 1 is 1.50 bits per heavy atom. The van der Waals surface area contributed by atoms with E-state index in [-0.39, 0.29) is 6.04 Å². The van der Waals surface area contributed by atoms with E-state index in [9.17, 15) is 0 Å². The van der Waals surface area contributed by atoms with Crippen LogP contribution in [-0.2, 0) is 6.54 Å². The van der Waals surface area contributed by atoms with E-state index in [0.717, 1.165) is 17.6 Å². The van der Waals surface area contributed by atoms with Crippen LogP contribution in [0.3, 0.4) is 0 Å². The average Bonchev–Trinajstić information content (AvgIpc) is 2.58. The summed E-state index contributed by atoms with van der Waals surface area (Å²) in [6.07, 6.45) is 2.06. The lowest BCUT2D eigenvalue weighted by atomic mass is 10.1. The van der Waals surface area contributed by atoms with Crippen molar-refractivity contribution in [1.82, 2.24) is 9.78 Å². The second kappa shape index (κ2) is 3.42. The van der Waals surface area contributed by atoms with Gasteiger partial charge in [0.1, 0.15) is 0 Å². The molecule has 0 bridgehead atoms. The predicted octanol–water partition coefficient (Wildman–Crippen LogP) is 2.08. The van der Waals surface area contributed by atoms with Crippen LogP contribution in [0.25, 0.3) is 10.9 Å². The molecule has 1 aromatic heterocycles. The molecular weight excluding hydrogens is 174 g/mol. The quantitative estimate of drug-likeness (QED) is 0.786. The maximum atomic E-state index is 5.81. The molecule has 0 aliphatic carbocycles. The van der Waals surface area contributed by atoms with Crippen LogP contribution in [0, 0.1) is 0 Å². The molecule has 2 N–H and O–H groups in total. The average molecular weight is 189 g/mol. The lowest BCUT2D eigenvalue weighted by Crippen LogP contribution is -2.04. The summed E-state index contributed by atoms with van der Waals surface area (Å²) in [4.78, 5) is 0. The first-order valence-electron chi connectivity index (χ1n) is 4.93. The normalized spacial score (nSPS) is 13.4. The van der Waals surface area contributed by atoms with Crippen molar-refractivity contribution < 1.29 is 0 Å². The molecule has 2 aromatic rings. The molecule has 0 radical (unpaired) electrons. The van der Waals surface area contributed by atoms with Crippen LogP contribution in [0.1, 0.15) is 25.5 Å². The fourth-order valence-corrected chi connectivity index (χ4v) is 1.53. The van der Waals surface area contributed by atoms with E-state index in [1.807, 2.05) is 11.6 Å². The second-order valence-corrected chi connectivity index (χ2v) is 3.59. The minimum Gasteiger partial charge on any atom is -0.324 e. The largest absolute Gasteiger partial charge is 0.324 e. The summed E-state index contributed by atoms with van der Waals surface area (Å²) < 4.78 is 1.94. The van der Waals surface area contributed by atoms with Crippen LogP contribution in [0.4, 0.5) is 0 Å². The summed E-state index contributed by atoms with van der Waals surface area (Å²) in [5, 5.41) is 5.61. The van der Waals surface area contributed by atoms with Crippen LogP contribution >= 0.6 is 0 Å². The zero-order valence-electron chi connectivity index (χ0n) is 8.57. The first-order valence-corrected chi connectivity index (χ1v) is 4.93. The second-order valence-electron chi connectivity index (χ2n) is 3.59. The molecule has 0 fully saturated rings. The Morgan fingerprint density at radius 3 is 2.93 bits per heavy atom. The van der Waals surface area contributed by atoms with Crippen molar-refractivity contribution in [2.24, 2.45) is 5.73 Å². The molecule has 0 spiro atoms. The molecule has 2 rings (SSSR count). The van der Waals surface area contributed by atoms with E-state index >= 15 is 0 Å². The first-order chi connectivity index (χ1) is 6.70. The van der Waals surface area contributed by atoms with Crippen LogP contribution in [0.15, 0.2) is 24.4 Å². The SMILES string of the molecule is CCn1cc2ccc(C(C)N)cc2n1. The number of nitrogens with two attached hydrogens (primary N) is 1. The molecular formula is C11H15N3. The molecule has 1 aromatic carbocycles. The number of hydrogen-bond donors (Lipinski definition) is 1. The molecule has 3 heteroatoms. The van der Waals surface area contributed by atoms with Gasteiger partial charge in [-0.2, -0.15) is 5.10 Å². The van der Waals surface area contributed by atoms with Gasteiger partial charge in [0.05, 0.1) is 5.52 Å². The Bertz CT molecular complexity index is 443. The third kappa shape index (κ3) is 1.51. The lowest BCUT2D eigenvalue weighted by Gasteiger charge is -2.03. The maximum absolute atomic E-state index is 5.81. The van der Waals surface area contributed by atoms with Crippen molar-refractivity contribution >= 4 is 10.9 Å². The highest BCUT2D eigenvalue weighted by Gasteiger charge is 2.03. The number of rotatable bonds is 2. The van der Waals surface area contributed by atoms with Gasteiger partial charge in [-0.25, -0.2) is 0 Å². The van der Waals surface area contributed by atoms with Gasteiger partial charge in [-0.15, -0.1) is 0 Å². The molecule has 14 heavy (non-hydrogen) atoms. The monoisotopic (exact) mass is 189 g/mol. The van der Waals surface area contributed by atoms with Gasteiger partial charge in [-0.3, -0.25) is 4.68 Å². The number of fused-ring (bicyclic) bond motifs is 1. The van der Waals surface area contributed by atoms with Crippen molar-refractivity contribution in [3.8, 4) is 0 Å². The summed E-state index contributed by atoms with van der Waals surface area (Å²) in [5.41, 5.74) is 7.98. The Morgan fingerprint density at radius 2 is 2.29 bits per heavy atom. The fourth-order valence-electron chi connectivity index (χ4n) is 1.53. The fraction of sp³-hybridized carbons (Fsp3) is 0.364. The van der Waals surface area contributed by atoms with Crippen molar-refractivity contribution in [3.05, 3.63) is 30.0 Å². The molecule has 0 saturated carbocycles. The zero-order valence-corrected chi connectivity index (χ0v) is 8.57. The van der Waals surface area contributed by atoms with Gasteiger partial charge in [0, 0.05) is 24.2 Å². The van der Waals surface area contributed by atoms with Crippen LogP contribution in [-0.4, -0.2) is 9.78 Å². The van der Waals surface area contributed by atoms with Gasteiger partial charge in [0.25, 0.3) is 0 Å². The van der Waals surface area contributed by atoms with E-state index in [1.165, 1.54) is 5.39 Å². The Hall–Kier alpha value is -1.35. The van der Waals surface area contributed by atoms with Gasteiger partial charge in [-0.05, 0) is 25.5 Å². The molecule has 1 atom stereocenters. The smallest absolute Gasteiger partial charge is 0.0926 e. The third-order valence-corrected chi connectivity index (χ3v) is 2.43. The number of aromatic nitrogens is 2. The molecule has 74 valence electrons. The van der Waals surface area contributed by atoms with E-state index < -0.39 is 0 Å². The van der Waals surface area contributed by atoms with E-state index in [4.69, 9.17) is 5.73 Å². The Kier molecular flexibility index (Phi) is 2.25. The van der Waals surface area contributed by atoms with E-state index in [1.54, 1.807) is 0 Å². The van der Waals surface area contributed by atoms with Gasteiger partial charge in [-0.1, -0.05) is 12.1 Å². The highest BCUT2D eigenvalue weighted by atomic mass is 15.3. The minimum absolute atomic E-state index is 0.0752. The van der Waals surface area contributed by atoms with Crippen LogP contribution in [0.5, 0.6) is 0 Å². The van der Waals surface area contributed by atoms with Crippen molar-refractivity contribution in [2.75, 3.05) is 0 Å². The number of hydrogen-bond acceptors (Lipinski definition) is 2. The van der Waals surface area contributed by atoms with E-state index in [2.05, 4.69) is 36.4 Å². The number of nitrogens with zero attached hydrogens (tertiary/aromatic N) is 2. The van der Waals surface area contributed by atoms with Gasteiger partial charge in [0.2, 0.25) is 0 Å². The molecule has 1 heterocycles. The summed E-state index contributed by atoms with van der Waals surface area (Å²) >= 11 is 0. The lowest BCUT2D eigenvalue weighted by molar-refractivity contribution is 0.667. The summed E-state index contributed by atoms with van der Waals surface area (Å²) in [7, 11) is 0. The van der Waals surface area contributed by atoms with Gasteiger partial charge < -0.3 is 5.73 Å². The molecule has 3 nitrogen and oxygen atoms in total. The van der Waals surface area contributed by atoms with Crippen molar-refractivity contribution in [2.45, 2.75) is 26.4 Å². The number of aryl methyl sites for hydroxylation is 1. The molecule has 0 saturated heterocycles. The van der Waals surface area contributed by atoms with Gasteiger partial charge in [0.15, 0.2) is 0 Å². The summed E-state index contributed by atoms with van der Waals surface area (Å²) in [5.74, 6) is 0. The molecule has 0 amide bonds. The molecule has 0 aliphatic heterocycles. The van der Waals surface area contributed by atoms with Crippen LogP contribution < -0.4 is 5.73 Å². The minimum atomic E-state index is 0.0752. The van der Waals surface area contributed by atoms with Crippen molar-refractivity contribution in [1.29, 1.82) is 0 Å². The molecule has 1 unspecified atom stereocenters. The van der Waals surface area contributed by atoms with Crippen molar-refractivity contribution in [3.63, 3.8) is 0 Å². The van der Waals surface area contributed by atoms with Crippen LogP contribution in [0.2, 0.25) is 0 Å².